The van der Waals surface area contributed by atoms with Crippen LogP contribution in [-0.4, -0.2) is 31.3 Å². The molecular weight excluding hydrogens is 248 g/mol. The van der Waals surface area contributed by atoms with Crippen molar-refractivity contribution in [3.63, 3.8) is 0 Å². The summed E-state index contributed by atoms with van der Waals surface area (Å²) in [5.41, 5.74) is 5.03. The molecule has 1 atom stereocenters. The Balaban J connectivity index is 2.52. The zero-order valence-corrected chi connectivity index (χ0v) is 11.0. The Hall–Kier alpha value is -2.08. The van der Waals surface area contributed by atoms with E-state index in [4.69, 9.17) is 10.5 Å². The van der Waals surface area contributed by atoms with E-state index < -0.39 is 17.6 Å². The molecule has 0 saturated carbocycles. The number of amides is 1. The highest BCUT2D eigenvalue weighted by molar-refractivity contribution is 5.85. The first-order valence-electron chi connectivity index (χ1n) is 5.79. The Morgan fingerprint density at radius 3 is 2.47 bits per heavy atom. The van der Waals surface area contributed by atoms with Gasteiger partial charge in [0.2, 0.25) is 0 Å². The molecule has 6 nitrogen and oxygen atoms in total. The highest BCUT2D eigenvalue weighted by atomic mass is 16.6. The van der Waals surface area contributed by atoms with Gasteiger partial charge in [-0.2, -0.15) is 0 Å². The van der Waals surface area contributed by atoms with Gasteiger partial charge in [-0.05, 0) is 12.5 Å². The molecule has 1 aromatic rings. The first-order valence-corrected chi connectivity index (χ1v) is 5.79. The molecular formula is C13H18N2O4. The second kappa shape index (κ2) is 6.75. The maximum absolute atomic E-state index is 11.6. The molecule has 3 N–H and O–H groups in total. The summed E-state index contributed by atoms with van der Waals surface area (Å²) in [6, 6.07) is 9.21. The fourth-order valence-corrected chi connectivity index (χ4v) is 1.40. The fraction of sp³-hybridized carbons (Fsp3) is 0.385. The molecule has 0 heterocycles. The summed E-state index contributed by atoms with van der Waals surface area (Å²) in [4.78, 5) is 23.1. The molecule has 1 rings (SSSR count). The van der Waals surface area contributed by atoms with Gasteiger partial charge in [0.15, 0.2) is 0 Å². The highest BCUT2D eigenvalue weighted by Gasteiger charge is 2.35. The third kappa shape index (κ3) is 4.26. The molecule has 1 amide bonds. The van der Waals surface area contributed by atoms with E-state index in [9.17, 15) is 9.59 Å². The third-order valence-corrected chi connectivity index (χ3v) is 2.63. The number of carbonyl (C=O) groups is 2. The minimum atomic E-state index is -1.29. The van der Waals surface area contributed by atoms with E-state index >= 15 is 0 Å². The summed E-state index contributed by atoms with van der Waals surface area (Å²) in [6.45, 7) is 1.51. The van der Waals surface area contributed by atoms with Crippen LogP contribution in [0.1, 0.15) is 12.5 Å². The van der Waals surface area contributed by atoms with Gasteiger partial charge < -0.3 is 20.5 Å². The lowest BCUT2D eigenvalue weighted by Gasteiger charge is -2.25. The standard InChI is InChI=1S/C13H18N2O4/c1-13(9-14,11(16)18-2)15-12(17)19-8-10-6-4-3-5-7-10/h3-7H,8-9,14H2,1-2H3,(H,15,17). The maximum Gasteiger partial charge on any atom is 0.408 e. The van der Waals surface area contributed by atoms with Crippen molar-refractivity contribution in [2.24, 2.45) is 5.73 Å². The predicted octanol–water partition coefficient (Wildman–Crippen LogP) is 0.803. The lowest BCUT2D eigenvalue weighted by Crippen LogP contribution is -2.57. The van der Waals surface area contributed by atoms with Crippen molar-refractivity contribution in [1.82, 2.24) is 5.32 Å². The van der Waals surface area contributed by atoms with Crippen LogP contribution < -0.4 is 11.1 Å². The number of benzene rings is 1. The number of esters is 1. The third-order valence-electron chi connectivity index (χ3n) is 2.63. The van der Waals surface area contributed by atoms with Crippen LogP contribution in [0.3, 0.4) is 0 Å². The number of ether oxygens (including phenoxy) is 2. The van der Waals surface area contributed by atoms with Crippen LogP contribution in [0.15, 0.2) is 30.3 Å². The number of nitrogens with two attached hydrogens (primary N) is 1. The Morgan fingerprint density at radius 2 is 1.95 bits per heavy atom. The van der Waals surface area contributed by atoms with Gasteiger partial charge in [-0.1, -0.05) is 30.3 Å². The Bertz CT molecular complexity index is 436. The average Bonchev–Trinajstić information content (AvgIpc) is 2.45. The number of rotatable bonds is 5. The Kier molecular flexibility index (Phi) is 5.32. The summed E-state index contributed by atoms with van der Waals surface area (Å²) in [5, 5.41) is 2.40. The molecule has 0 radical (unpaired) electrons. The number of nitrogens with one attached hydrogen (secondary N) is 1. The molecule has 0 saturated heterocycles. The van der Waals surface area contributed by atoms with Gasteiger partial charge in [0.1, 0.15) is 12.1 Å². The molecule has 104 valence electrons. The van der Waals surface area contributed by atoms with Gasteiger partial charge in [0.25, 0.3) is 0 Å². The number of alkyl carbamates (subject to hydrolysis) is 1. The molecule has 19 heavy (non-hydrogen) atoms. The quantitative estimate of drug-likeness (QED) is 0.769. The van der Waals surface area contributed by atoms with Crippen LogP contribution in [0.4, 0.5) is 4.79 Å². The molecule has 1 aromatic carbocycles. The van der Waals surface area contributed by atoms with E-state index in [-0.39, 0.29) is 13.2 Å². The lowest BCUT2D eigenvalue weighted by molar-refractivity contribution is -0.147. The SMILES string of the molecule is COC(=O)C(C)(CN)NC(=O)OCc1ccccc1. The predicted molar refractivity (Wildman–Crippen MR) is 69.2 cm³/mol. The number of hydrogen-bond donors (Lipinski definition) is 2. The molecule has 0 aliphatic carbocycles. The van der Waals surface area contributed by atoms with E-state index in [2.05, 4.69) is 10.1 Å². The van der Waals surface area contributed by atoms with Crippen molar-refractivity contribution < 1.29 is 19.1 Å². The normalized spacial score (nSPS) is 13.2. The first-order chi connectivity index (χ1) is 9.01. The van der Waals surface area contributed by atoms with Crippen molar-refractivity contribution in [2.45, 2.75) is 19.1 Å². The van der Waals surface area contributed by atoms with Crippen molar-refractivity contribution in [1.29, 1.82) is 0 Å². The molecule has 0 aliphatic rings. The highest BCUT2D eigenvalue weighted by Crippen LogP contribution is 2.06. The molecule has 1 unspecified atom stereocenters. The molecule has 0 bridgehead atoms. The molecule has 0 fully saturated rings. The van der Waals surface area contributed by atoms with Crippen molar-refractivity contribution in [3.05, 3.63) is 35.9 Å². The maximum atomic E-state index is 11.6. The van der Waals surface area contributed by atoms with Crippen LogP contribution in [-0.2, 0) is 20.9 Å². The summed E-state index contributed by atoms with van der Waals surface area (Å²) >= 11 is 0. The van der Waals surface area contributed by atoms with Gasteiger partial charge >= 0.3 is 12.1 Å². The second-order valence-corrected chi connectivity index (χ2v) is 4.21. The summed E-state index contributed by atoms with van der Waals surface area (Å²) in [5.74, 6) is -0.619. The number of hydrogen-bond acceptors (Lipinski definition) is 5. The van der Waals surface area contributed by atoms with Gasteiger partial charge in [-0.15, -0.1) is 0 Å². The van der Waals surface area contributed by atoms with Gasteiger partial charge in [-0.3, -0.25) is 0 Å². The number of carbonyl (C=O) groups excluding carboxylic acids is 2. The average molecular weight is 266 g/mol. The topological polar surface area (TPSA) is 90.6 Å². The van der Waals surface area contributed by atoms with Crippen LogP contribution in [0, 0.1) is 0 Å². The second-order valence-electron chi connectivity index (χ2n) is 4.21. The van der Waals surface area contributed by atoms with Crippen molar-refractivity contribution >= 4 is 12.1 Å². The van der Waals surface area contributed by atoms with Crippen LogP contribution in [0.2, 0.25) is 0 Å². The molecule has 0 aromatic heterocycles. The van der Waals surface area contributed by atoms with Gasteiger partial charge in [0, 0.05) is 6.54 Å². The van der Waals surface area contributed by atoms with E-state index in [1.165, 1.54) is 14.0 Å². The number of methoxy groups -OCH3 is 1. The van der Waals surface area contributed by atoms with Gasteiger partial charge in [-0.25, -0.2) is 9.59 Å². The minimum absolute atomic E-state index is 0.0832. The van der Waals surface area contributed by atoms with E-state index in [1.807, 2.05) is 30.3 Å². The zero-order valence-electron chi connectivity index (χ0n) is 11.0. The van der Waals surface area contributed by atoms with Crippen molar-refractivity contribution in [2.75, 3.05) is 13.7 Å². The fourth-order valence-electron chi connectivity index (χ4n) is 1.40. The summed E-state index contributed by atoms with van der Waals surface area (Å²) in [6.07, 6.45) is -0.720. The first kappa shape index (κ1) is 15.0. The monoisotopic (exact) mass is 266 g/mol. The largest absolute Gasteiger partial charge is 0.467 e. The molecule has 0 aliphatic heterocycles. The van der Waals surface area contributed by atoms with Crippen molar-refractivity contribution in [3.8, 4) is 0 Å². The van der Waals surface area contributed by atoms with E-state index in [0.29, 0.717) is 0 Å². The van der Waals surface area contributed by atoms with Crippen LogP contribution in [0.25, 0.3) is 0 Å². The van der Waals surface area contributed by atoms with Crippen LogP contribution >= 0.6 is 0 Å². The Labute approximate surface area is 111 Å². The van der Waals surface area contributed by atoms with E-state index in [0.717, 1.165) is 5.56 Å². The van der Waals surface area contributed by atoms with Crippen LogP contribution in [0.5, 0.6) is 0 Å². The zero-order chi connectivity index (χ0) is 14.3. The smallest absolute Gasteiger partial charge is 0.408 e. The van der Waals surface area contributed by atoms with Gasteiger partial charge in [0.05, 0.1) is 7.11 Å². The summed E-state index contributed by atoms with van der Waals surface area (Å²) < 4.78 is 9.59. The lowest BCUT2D eigenvalue weighted by atomic mass is 10.0. The summed E-state index contributed by atoms with van der Waals surface area (Å²) in [7, 11) is 1.23. The molecule has 6 heteroatoms. The molecule has 0 spiro atoms. The van der Waals surface area contributed by atoms with E-state index in [1.54, 1.807) is 0 Å². The minimum Gasteiger partial charge on any atom is -0.467 e. The Morgan fingerprint density at radius 1 is 1.32 bits per heavy atom.